The monoisotopic (exact) mass is 409 g/mol. The molecule has 0 saturated carbocycles. The predicted octanol–water partition coefficient (Wildman–Crippen LogP) is 3.11. The van der Waals surface area contributed by atoms with Crippen molar-refractivity contribution in [3.05, 3.63) is 48.7 Å². The van der Waals surface area contributed by atoms with Crippen LogP contribution in [0.15, 0.2) is 43.1 Å². The van der Waals surface area contributed by atoms with Crippen molar-refractivity contribution in [1.82, 2.24) is 34.8 Å². The Morgan fingerprint density at radius 2 is 2.04 bits per heavy atom. The summed E-state index contributed by atoms with van der Waals surface area (Å²) in [7, 11) is 0. The van der Waals surface area contributed by atoms with Gasteiger partial charge in [0.1, 0.15) is 5.69 Å². The van der Waals surface area contributed by atoms with Crippen LogP contribution in [0, 0.1) is 0 Å². The van der Waals surface area contributed by atoms with Crippen molar-refractivity contribution in [2.45, 2.75) is 38.3 Å². The molecule has 3 aromatic rings. The lowest BCUT2D eigenvalue weighted by molar-refractivity contribution is 0.337. The molecule has 0 aromatic carbocycles. The quantitative estimate of drug-likeness (QED) is 0.700. The second-order valence-electron chi connectivity index (χ2n) is 6.64. The first kappa shape index (κ1) is 21.3. The third kappa shape index (κ3) is 4.86. The van der Waals surface area contributed by atoms with Crippen molar-refractivity contribution in [3.63, 3.8) is 0 Å². The van der Waals surface area contributed by atoms with Gasteiger partial charge in [0.2, 0.25) is 0 Å². The van der Waals surface area contributed by atoms with Crippen molar-refractivity contribution >= 4 is 24.8 Å². The number of nitrogens with zero attached hydrogens (tertiary/aromatic N) is 6. The van der Waals surface area contributed by atoms with Crippen molar-refractivity contribution in [1.29, 1.82) is 0 Å². The average Bonchev–Trinajstić information content (AvgIpc) is 3.32. The molecule has 9 heteroatoms. The lowest BCUT2D eigenvalue weighted by Gasteiger charge is -2.22. The van der Waals surface area contributed by atoms with E-state index >= 15 is 0 Å². The second-order valence-corrected chi connectivity index (χ2v) is 6.64. The van der Waals surface area contributed by atoms with E-state index in [1.807, 2.05) is 35.5 Å². The summed E-state index contributed by atoms with van der Waals surface area (Å²) >= 11 is 0. The van der Waals surface area contributed by atoms with Gasteiger partial charge in [0, 0.05) is 30.8 Å². The number of hydrogen-bond acceptors (Lipinski definition) is 5. The Morgan fingerprint density at radius 3 is 2.78 bits per heavy atom. The predicted molar refractivity (Wildman–Crippen MR) is 110 cm³/mol. The zero-order valence-corrected chi connectivity index (χ0v) is 16.9. The lowest BCUT2D eigenvalue weighted by Crippen LogP contribution is -2.29. The minimum absolute atomic E-state index is 0. The molecular formula is C18H25Cl2N7. The van der Waals surface area contributed by atoms with Crippen LogP contribution in [0.3, 0.4) is 0 Å². The highest BCUT2D eigenvalue weighted by Crippen LogP contribution is 2.24. The van der Waals surface area contributed by atoms with Crippen LogP contribution in [0.5, 0.6) is 0 Å². The van der Waals surface area contributed by atoms with Gasteiger partial charge in [-0.15, -0.1) is 29.9 Å². The molecule has 0 bridgehead atoms. The zero-order valence-electron chi connectivity index (χ0n) is 15.2. The Balaban J connectivity index is 0.00000131. The summed E-state index contributed by atoms with van der Waals surface area (Å²) in [5, 5.41) is 12.1. The lowest BCUT2D eigenvalue weighted by atomic mass is 10.1. The fraction of sp³-hybridized carbons (Fsp3) is 0.444. The van der Waals surface area contributed by atoms with Crippen LogP contribution in [0.25, 0.3) is 11.5 Å². The molecule has 1 N–H and O–H groups in total. The molecule has 1 fully saturated rings. The molecule has 7 nitrogen and oxygen atoms in total. The number of nitrogens with one attached hydrogen (secondary N) is 1. The number of imidazole rings is 1. The van der Waals surface area contributed by atoms with E-state index in [0.717, 1.165) is 43.9 Å². The number of pyridine rings is 1. The largest absolute Gasteiger partial charge is 0.326 e. The van der Waals surface area contributed by atoms with Crippen molar-refractivity contribution < 1.29 is 0 Å². The standard InChI is InChI=1S/C18H23N7.2ClH/c1-14(11-15-3-2-6-20-12-15)24-10-9-21-18(24)17-13-25(23-22-17)16-4-7-19-8-5-16;;/h2-3,6,9-10,12-14,16,19H,4-5,7-8,11H2,1H3;2*1H. The van der Waals surface area contributed by atoms with Crippen LogP contribution in [-0.4, -0.2) is 42.6 Å². The molecule has 0 radical (unpaired) electrons. The first-order chi connectivity index (χ1) is 12.3. The summed E-state index contributed by atoms with van der Waals surface area (Å²) in [5.74, 6) is 0.872. The van der Waals surface area contributed by atoms with E-state index in [0.29, 0.717) is 6.04 Å². The Kier molecular flexibility index (Phi) is 7.77. The summed E-state index contributed by atoms with van der Waals surface area (Å²) in [6, 6.07) is 4.78. The first-order valence-electron chi connectivity index (χ1n) is 8.86. The van der Waals surface area contributed by atoms with Gasteiger partial charge in [0.25, 0.3) is 0 Å². The van der Waals surface area contributed by atoms with E-state index in [4.69, 9.17) is 0 Å². The zero-order chi connectivity index (χ0) is 17.1. The molecule has 1 unspecified atom stereocenters. The van der Waals surface area contributed by atoms with E-state index < -0.39 is 0 Å². The van der Waals surface area contributed by atoms with E-state index in [9.17, 15) is 0 Å². The van der Waals surface area contributed by atoms with Crippen LogP contribution in [0.4, 0.5) is 0 Å². The molecule has 1 aliphatic heterocycles. The van der Waals surface area contributed by atoms with Gasteiger partial charge in [-0.2, -0.15) is 0 Å². The fourth-order valence-corrected chi connectivity index (χ4v) is 3.45. The molecule has 4 heterocycles. The van der Waals surface area contributed by atoms with Crippen LogP contribution in [-0.2, 0) is 6.42 Å². The van der Waals surface area contributed by atoms with Gasteiger partial charge in [-0.1, -0.05) is 11.3 Å². The normalized spacial score (nSPS) is 15.6. The first-order valence-corrected chi connectivity index (χ1v) is 8.86. The molecule has 27 heavy (non-hydrogen) atoms. The van der Waals surface area contributed by atoms with Gasteiger partial charge < -0.3 is 9.88 Å². The van der Waals surface area contributed by atoms with Gasteiger partial charge in [0.05, 0.1) is 12.2 Å². The average molecular weight is 410 g/mol. The van der Waals surface area contributed by atoms with E-state index in [1.165, 1.54) is 5.56 Å². The Bertz CT molecular complexity index is 812. The topological polar surface area (TPSA) is 73.5 Å². The summed E-state index contributed by atoms with van der Waals surface area (Å²) in [5.41, 5.74) is 2.05. The minimum Gasteiger partial charge on any atom is -0.326 e. The van der Waals surface area contributed by atoms with Gasteiger partial charge in [-0.3, -0.25) is 4.98 Å². The molecule has 0 aliphatic carbocycles. The van der Waals surface area contributed by atoms with Gasteiger partial charge >= 0.3 is 0 Å². The van der Waals surface area contributed by atoms with Gasteiger partial charge in [-0.25, -0.2) is 9.67 Å². The summed E-state index contributed by atoms with van der Waals surface area (Å²) in [6.07, 6.45) is 12.7. The third-order valence-electron chi connectivity index (χ3n) is 4.82. The maximum absolute atomic E-state index is 4.53. The number of hydrogen-bond donors (Lipinski definition) is 1. The SMILES string of the molecule is CC(Cc1cccnc1)n1ccnc1-c1cn(C2CCNCC2)nn1.Cl.Cl. The Labute approximate surface area is 171 Å². The van der Waals surface area contributed by atoms with Crippen molar-refractivity contribution in [3.8, 4) is 11.5 Å². The molecule has 3 aromatic heterocycles. The highest BCUT2D eigenvalue weighted by atomic mass is 35.5. The maximum atomic E-state index is 4.53. The number of aromatic nitrogens is 6. The van der Waals surface area contributed by atoms with Crippen LogP contribution in [0.2, 0.25) is 0 Å². The molecule has 0 spiro atoms. The highest BCUT2D eigenvalue weighted by molar-refractivity contribution is 5.85. The molecule has 1 saturated heterocycles. The smallest absolute Gasteiger partial charge is 0.162 e. The van der Waals surface area contributed by atoms with E-state index in [2.05, 4.69) is 43.2 Å². The third-order valence-corrected chi connectivity index (χ3v) is 4.82. The molecule has 1 atom stereocenters. The molecule has 0 amide bonds. The van der Waals surface area contributed by atoms with E-state index in [-0.39, 0.29) is 30.9 Å². The highest BCUT2D eigenvalue weighted by Gasteiger charge is 2.19. The van der Waals surface area contributed by atoms with Crippen molar-refractivity contribution in [2.75, 3.05) is 13.1 Å². The minimum atomic E-state index is 0. The van der Waals surface area contributed by atoms with Gasteiger partial charge in [-0.05, 0) is 50.9 Å². The molecule has 1 aliphatic rings. The molecule has 146 valence electrons. The second kappa shape index (κ2) is 9.82. The van der Waals surface area contributed by atoms with Crippen molar-refractivity contribution in [2.24, 2.45) is 0 Å². The summed E-state index contributed by atoms with van der Waals surface area (Å²) in [4.78, 5) is 8.73. The maximum Gasteiger partial charge on any atom is 0.162 e. The van der Waals surface area contributed by atoms with Crippen LogP contribution in [0.1, 0.15) is 37.4 Å². The Morgan fingerprint density at radius 1 is 1.22 bits per heavy atom. The number of piperidine rings is 1. The van der Waals surface area contributed by atoms with Gasteiger partial charge in [0.15, 0.2) is 5.82 Å². The Hall–Kier alpha value is -1.96. The van der Waals surface area contributed by atoms with E-state index in [1.54, 1.807) is 6.20 Å². The number of halogens is 2. The summed E-state index contributed by atoms with van der Waals surface area (Å²) in [6.45, 7) is 4.27. The fourth-order valence-electron chi connectivity index (χ4n) is 3.45. The molecular weight excluding hydrogens is 385 g/mol. The number of rotatable bonds is 5. The van der Waals surface area contributed by atoms with Crippen LogP contribution < -0.4 is 5.32 Å². The summed E-state index contributed by atoms with van der Waals surface area (Å²) < 4.78 is 4.17. The van der Waals surface area contributed by atoms with Crippen LogP contribution >= 0.6 is 24.8 Å². The molecule has 4 rings (SSSR count).